The Morgan fingerprint density at radius 2 is 2.31 bits per heavy atom. The van der Waals surface area contributed by atoms with Crippen LogP contribution in [0.15, 0.2) is 12.1 Å². The van der Waals surface area contributed by atoms with E-state index in [1.54, 1.807) is 11.3 Å². The Bertz CT molecular complexity index is 311. The largest absolute Gasteiger partial charge is 0.370 e. The molecule has 0 spiro atoms. The van der Waals surface area contributed by atoms with Gasteiger partial charge in [0.15, 0.2) is 0 Å². The first-order chi connectivity index (χ1) is 6.15. The quantitative estimate of drug-likeness (QED) is 0.799. The van der Waals surface area contributed by atoms with Crippen LogP contribution in [-0.2, 0) is 0 Å². The molecule has 0 saturated heterocycles. The standard InChI is InChI=1S/C9H13N3S/c1-12(2)9-4-3-8(13-9)7(11)5-6-10/h3-4,7H,5,11H2,1-2H3/t7-/m0/s1. The third-order valence-electron chi connectivity index (χ3n) is 1.73. The van der Waals surface area contributed by atoms with Crippen molar-refractivity contribution in [3.05, 3.63) is 17.0 Å². The average molecular weight is 195 g/mol. The van der Waals surface area contributed by atoms with Crippen LogP contribution in [-0.4, -0.2) is 14.1 Å². The lowest BCUT2D eigenvalue weighted by atomic mass is 10.2. The van der Waals surface area contributed by atoms with Gasteiger partial charge in [0.2, 0.25) is 0 Å². The Labute approximate surface area is 82.4 Å². The fourth-order valence-electron chi connectivity index (χ4n) is 0.981. The zero-order valence-electron chi connectivity index (χ0n) is 7.82. The van der Waals surface area contributed by atoms with Crippen molar-refractivity contribution >= 4 is 16.3 Å². The topological polar surface area (TPSA) is 53.0 Å². The van der Waals surface area contributed by atoms with E-state index in [9.17, 15) is 0 Å². The molecule has 0 unspecified atom stereocenters. The van der Waals surface area contributed by atoms with Crippen LogP contribution in [0.1, 0.15) is 17.3 Å². The summed E-state index contributed by atoms with van der Waals surface area (Å²) in [4.78, 5) is 3.11. The third kappa shape index (κ3) is 2.44. The molecule has 0 aliphatic heterocycles. The fraction of sp³-hybridized carbons (Fsp3) is 0.444. The van der Waals surface area contributed by atoms with Crippen molar-refractivity contribution < 1.29 is 0 Å². The van der Waals surface area contributed by atoms with Gasteiger partial charge in [0.1, 0.15) is 0 Å². The van der Waals surface area contributed by atoms with Gasteiger partial charge >= 0.3 is 0 Å². The highest BCUT2D eigenvalue weighted by Crippen LogP contribution is 2.28. The van der Waals surface area contributed by atoms with Crippen LogP contribution < -0.4 is 10.6 Å². The number of nitriles is 1. The number of thiophene rings is 1. The highest BCUT2D eigenvalue weighted by atomic mass is 32.1. The van der Waals surface area contributed by atoms with Crippen LogP contribution in [0.5, 0.6) is 0 Å². The Morgan fingerprint density at radius 1 is 1.62 bits per heavy atom. The first kappa shape index (κ1) is 10.0. The third-order valence-corrected chi connectivity index (χ3v) is 3.11. The highest BCUT2D eigenvalue weighted by Gasteiger charge is 2.08. The monoisotopic (exact) mass is 195 g/mol. The van der Waals surface area contributed by atoms with Crippen LogP contribution in [0.4, 0.5) is 5.00 Å². The molecule has 0 aliphatic rings. The number of nitrogens with zero attached hydrogens (tertiary/aromatic N) is 2. The van der Waals surface area contributed by atoms with Gasteiger partial charge in [0.25, 0.3) is 0 Å². The first-order valence-electron chi connectivity index (χ1n) is 4.04. The zero-order chi connectivity index (χ0) is 9.84. The zero-order valence-corrected chi connectivity index (χ0v) is 8.64. The van der Waals surface area contributed by atoms with Crippen molar-refractivity contribution in [1.29, 1.82) is 5.26 Å². The Balaban J connectivity index is 2.74. The van der Waals surface area contributed by atoms with Crippen LogP contribution in [0.2, 0.25) is 0 Å². The predicted molar refractivity (Wildman–Crippen MR) is 55.8 cm³/mol. The lowest BCUT2D eigenvalue weighted by Gasteiger charge is -2.08. The summed E-state index contributed by atoms with van der Waals surface area (Å²) in [5, 5.41) is 9.65. The molecule has 3 nitrogen and oxygen atoms in total. The molecule has 4 heteroatoms. The molecule has 0 saturated carbocycles. The second-order valence-electron chi connectivity index (χ2n) is 3.04. The molecule has 0 bridgehead atoms. The SMILES string of the molecule is CN(C)c1ccc([C@@H](N)CC#N)s1. The Hall–Kier alpha value is -1.05. The number of anilines is 1. The molecule has 2 N–H and O–H groups in total. The summed E-state index contributed by atoms with van der Waals surface area (Å²) in [6, 6.07) is 5.95. The van der Waals surface area contributed by atoms with Crippen molar-refractivity contribution in [3.8, 4) is 6.07 Å². The maximum atomic E-state index is 8.48. The molecule has 1 aromatic rings. The molecule has 0 radical (unpaired) electrons. The van der Waals surface area contributed by atoms with E-state index >= 15 is 0 Å². The van der Waals surface area contributed by atoms with Crippen LogP contribution in [0.25, 0.3) is 0 Å². The maximum absolute atomic E-state index is 8.48. The molecule has 13 heavy (non-hydrogen) atoms. The first-order valence-corrected chi connectivity index (χ1v) is 4.86. The van der Waals surface area contributed by atoms with E-state index in [1.165, 1.54) is 5.00 Å². The van der Waals surface area contributed by atoms with E-state index in [0.717, 1.165) is 4.88 Å². The van der Waals surface area contributed by atoms with Gasteiger partial charge in [0, 0.05) is 19.0 Å². The number of rotatable bonds is 3. The van der Waals surface area contributed by atoms with Crippen molar-refractivity contribution in [3.63, 3.8) is 0 Å². The van der Waals surface area contributed by atoms with Gasteiger partial charge in [-0.25, -0.2) is 0 Å². The minimum Gasteiger partial charge on any atom is -0.370 e. The molecular formula is C9H13N3S. The minimum absolute atomic E-state index is 0.135. The normalized spacial score (nSPS) is 12.2. The van der Waals surface area contributed by atoms with Crippen LogP contribution in [0, 0.1) is 11.3 Å². The molecule has 1 heterocycles. The fourth-order valence-corrected chi connectivity index (χ4v) is 1.91. The summed E-state index contributed by atoms with van der Waals surface area (Å²) in [5.74, 6) is 0. The average Bonchev–Trinajstić information content (AvgIpc) is 2.52. The summed E-state index contributed by atoms with van der Waals surface area (Å²) >= 11 is 1.64. The predicted octanol–water partition coefficient (Wildman–Crippen LogP) is 1.73. The lowest BCUT2D eigenvalue weighted by Crippen LogP contribution is -2.07. The molecular weight excluding hydrogens is 182 g/mol. The summed E-state index contributed by atoms with van der Waals surface area (Å²) in [5.41, 5.74) is 5.79. The van der Waals surface area contributed by atoms with E-state index in [1.807, 2.05) is 31.1 Å². The van der Waals surface area contributed by atoms with Crippen molar-refractivity contribution in [2.75, 3.05) is 19.0 Å². The van der Waals surface area contributed by atoms with Gasteiger partial charge in [0.05, 0.1) is 23.5 Å². The minimum atomic E-state index is -0.135. The van der Waals surface area contributed by atoms with Gasteiger partial charge in [-0.15, -0.1) is 11.3 Å². The summed E-state index contributed by atoms with van der Waals surface area (Å²) in [6.07, 6.45) is 0.382. The van der Waals surface area contributed by atoms with Crippen molar-refractivity contribution in [2.45, 2.75) is 12.5 Å². The highest BCUT2D eigenvalue weighted by molar-refractivity contribution is 7.16. The second kappa shape index (κ2) is 4.26. The Morgan fingerprint density at radius 3 is 2.77 bits per heavy atom. The van der Waals surface area contributed by atoms with Gasteiger partial charge < -0.3 is 10.6 Å². The van der Waals surface area contributed by atoms with Crippen molar-refractivity contribution in [2.24, 2.45) is 5.73 Å². The van der Waals surface area contributed by atoms with E-state index in [2.05, 4.69) is 6.07 Å². The molecule has 0 fully saturated rings. The number of nitrogens with two attached hydrogens (primary N) is 1. The van der Waals surface area contributed by atoms with Crippen LogP contribution in [0.3, 0.4) is 0 Å². The van der Waals surface area contributed by atoms with Gasteiger partial charge in [-0.1, -0.05) is 0 Å². The van der Waals surface area contributed by atoms with Gasteiger partial charge in [-0.3, -0.25) is 0 Å². The molecule has 1 rings (SSSR count). The number of hydrogen-bond acceptors (Lipinski definition) is 4. The van der Waals surface area contributed by atoms with Crippen molar-refractivity contribution in [1.82, 2.24) is 0 Å². The molecule has 0 aliphatic carbocycles. The van der Waals surface area contributed by atoms with Gasteiger partial charge in [-0.2, -0.15) is 5.26 Å². The molecule has 0 aromatic carbocycles. The molecule has 1 atom stereocenters. The van der Waals surface area contributed by atoms with E-state index in [-0.39, 0.29) is 6.04 Å². The van der Waals surface area contributed by atoms with E-state index in [4.69, 9.17) is 11.0 Å². The smallest absolute Gasteiger partial charge is 0.0906 e. The molecule has 1 aromatic heterocycles. The maximum Gasteiger partial charge on any atom is 0.0906 e. The molecule has 70 valence electrons. The summed E-state index contributed by atoms with van der Waals surface area (Å²) < 4.78 is 0. The van der Waals surface area contributed by atoms with Crippen LogP contribution >= 0.6 is 11.3 Å². The number of hydrogen-bond donors (Lipinski definition) is 1. The second-order valence-corrected chi connectivity index (χ2v) is 4.13. The van der Waals surface area contributed by atoms with E-state index < -0.39 is 0 Å². The Kier molecular flexibility index (Phi) is 3.29. The summed E-state index contributed by atoms with van der Waals surface area (Å²) in [6.45, 7) is 0. The summed E-state index contributed by atoms with van der Waals surface area (Å²) in [7, 11) is 3.98. The lowest BCUT2D eigenvalue weighted by molar-refractivity contribution is 0.765. The van der Waals surface area contributed by atoms with Gasteiger partial charge in [-0.05, 0) is 12.1 Å². The molecule has 0 amide bonds. The van der Waals surface area contributed by atoms with E-state index in [0.29, 0.717) is 6.42 Å².